The standard InChI is InChI=1S/C12H17N3O2/c1-7(2)11(16)6-13-12(17)10-5-8(3)14-15-9(10)4/h5,7H,6H2,1-4H3,(H,13,17). The highest BCUT2D eigenvalue weighted by Gasteiger charge is 2.13. The smallest absolute Gasteiger partial charge is 0.253 e. The summed E-state index contributed by atoms with van der Waals surface area (Å²) in [6, 6.07) is 1.66. The second kappa shape index (κ2) is 5.52. The summed E-state index contributed by atoms with van der Waals surface area (Å²) in [5.74, 6) is -0.349. The summed E-state index contributed by atoms with van der Waals surface area (Å²) in [6.07, 6.45) is 0. The predicted octanol–water partition coefficient (Wildman–Crippen LogP) is 1.05. The molecule has 1 N–H and O–H groups in total. The second-order valence-corrected chi connectivity index (χ2v) is 4.29. The van der Waals surface area contributed by atoms with Gasteiger partial charge in [-0.3, -0.25) is 9.59 Å². The molecule has 0 saturated carbocycles. The predicted molar refractivity (Wildman–Crippen MR) is 63.7 cm³/mol. The monoisotopic (exact) mass is 235 g/mol. The highest BCUT2D eigenvalue weighted by atomic mass is 16.2. The van der Waals surface area contributed by atoms with Crippen LogP contribution in [0.4, 0.5) is 0 Å². The first kappa shape index (κ1) is 13.3. The molecule has 5 heteroatoms. The molecule has 0 saturated heterocycles. The van der Waals surface area contributed by atoms with Crippen LogP contribution in [0, 0.1) is 19.8 Å². The normalized spacial score (nSPS) is 10.4. The molecule has 0 aliphatic carbocycles. The van der Waals surface area contributed by atoms with Crippen molar-refractivity contribution < 1.29 is 9.59 Å². The van der Waals surface area contributed by atoms with E-state index >= 15 is 0 Å². The van der Waals surface area contributed by atoms with Gasteiger partial charge in [-0.25, -0.2) is 0 Å². The zero-order valence-corrected chi connectivity index (χ0v) is 10.6. The summed E-state index contributed by atoms with van der Waals surface area (Å²) >= 11 is 0. The molecule has 0 spiro atoms. The third-order valence-electron chi connectivity index (χ3n) is 2.41. The molecule has 5 nitrogen and oxygen atoms in total. The largest absolute Gasteiger partial charge is 0.345 e. The van der Waals surface area contributed by atoms with Gasteiger partial charge in [0, 0.05) is 5.92 Å². The van der Waals surface area contributed by atoms with Gasteiger partial charge in [0.2, 0.25) is 0 Å². The molecular formula is C12H17N3O2. The van der Waals surface area contributed by atoms with Gasteiger partial charge in [0.15, 0.2) is 5.78 Å². The van der Waals surface area contributed by atoms with Gasteiger partial charge in [-0.1, -0.05) is 13.8 Å². The molecule has 1 rings (SSSR count). The molecule has 0 fully saturated rings. The molecule has 0 bridgehead atoms. The number of aryl methyl sites for hydroxylation is 2. The molecule has 17 heavy (non-hydrogen) atoms. The van der Waals surface area contributed by atoms with Gasteiger partial charge >= 0.3 is 0 Å². The summed E-state index contributed by atoms with van der Waals surface area (Å²) in [5.41, 5.74) is 1.70. The van der Waals surface area contributed by atoms with Crippen molar-refractivity contribution in [1.29, 1.82) is 0 Å². The number of aromatic nitrogens is 2. The first-order valence-electron chi connectivity index (χ1n) is 5.53. The fourth-order valence-electron chi connectivity index (χ4n) is 1.25. The number of nitrogens with zero attached hydrogens (tertiary/aromatic N) is 2. The number of hydrogen-bond donors (Lipinski definition) is 1. The van der Waals surface area contributed by atoms with Crippen LogP contribution in [-0.4, -0.2) is 28.4 Å². The maximum absolute atomic E-state index is 11.8. The van der Waals surface area contributed by atoms with E-state index in [1.54, 1.807) is 33.8 Å². The number of carbonyl (C=O) groups excluding carboxylic acids is 2. The molecule has 1 aromatic rings. The van der Waals surface area contributed by atoms with Crippen LogP contribution in [0.3, 0.4) is 0 Å². The Hall–Kier alpha value is -1.78. The molecule has 1 heterocycles. The highest BCUT2D eigenvalue weighted by Crippen LogP contribution is 2.05. The van der Waals surface area contributed by atoms with Gasteiger partial charge in [0.1, 0.15) is 0 Å². The summed E-state index contributed by atoms with van der Waals surface area (Å²) in [7, 11) is 0. The number of nitrogens with one attached hydrogen (secondary N) is 1. The van der Waals surface area contributed by atoms with E-state index in [1.807, 2.05) is 0 Å². The summed E-state index contributed by atoms with van der Waals surface area (Å²) in [6.45, 7) is 7.14. The Bertz CT molecular complexity index is 441. The maximum atomic E-state index is 11.8. The summed E-state index contributed by atoms with van der Waals surface area (Å²) in [4.78, 5) is 23.2. The SMILES string of the molecule is Cc1cc(C(=O)NCC(=O)C(C)C)c(C)nn1. The minimum Gasteiger partial charge on any atom is -0.345 e. The fraction of sp³-hybridized carbons (Fsp3) is 0.500. The molecule has 0 aliphatic heterocycles. The van der Waals surface area contributed by atoms with Gasteiger partial charge < -0.3 is 5.32 Å². The van der Waals surface area contributed by atoms with E-state index in [9.17, 15) is 9.59 Å². The van der Waals surface area contributed by atoms with Crippen molar-refractivity contribution in [1.82, 2.24) is 15.5 Å². The zero-order valence-electron chi connectivity index (χ0n) is 10.6. The lowest BCUT2D eigenvalue weighted by Gasteiger charge is -2.08. The Labute approximate surface area is 101 Å². The minimum absolute atomic E-state index is 0.00902. The number of Topliss-reactive ketones (excluding diaryl/α,β-unsaturated/α-hetero) is 1. The topological polar surface area (TPSA) is 72.0 Å². The van der Waals surface area contributed by atoms with E-state index < -0.39 is 0 Å². The molecule has 1 amide bonds. The molecule has 0 aliphatic rings. The molecule has 0 aromatic carbocycles. The van der Waals surface area contributed by atoms with Crippen molar-refractivity contribution >= 4 is 11.7 Å². The highest BCUT2D eigenvalue weighted by molar-refractivity contribution is 5.97. The molecular weight excluding hydrogens is 218 g/mol. The lowest BCUT2D eigenvalue weighted by molar-refractivity contribution is -0.120. The summed E-state index contributed by atoms with van der Waals surface area (Å²) in [5, 5.41) is 10.3. The lowest BCUT2D eigenvalue weighted by Crippen LogP contribution is -2.32. The van der Waals surface area contributed by atoms with Crippen LogP contribution in [0.1, 0.15) is 35.6 Å². The van der Waals surface area contributed by atoms with Crippen molar-refractivity contribution in [3.63, 3.8) is 0 Å². The number of carbonyl (C=O) groups is 2. The van der Waals surface area contributed by atoms with Crippen molar-refractivity contribution in [2.24, 2.45) is 5.92 Å². The fourth-order valence-corrected chi connectivity index (χ4v) is 1.25. The van der Waals surface area contributed by atoms with Crippen LogP contribution in [0.25, 0.3) is 0 Å². The van der Waals surface area contributed by atoms with Crippen LogP contribution < -0.4 is 5.32 Å². The minimum atomic E-state index is -0.283. The van der Waals surface area contributed by atoms with Crippen LogP contribution in [-0.2, 0) is 4.79 Å². The Morgan fingerprint density at radius 1 is 1.29 bits per heavy atom. The average molecular weight is 235 g/mol. The van der Waals surface area contributed by atoms with Gasteiger partial charge in [0.05, 0.1) is 23.5 Å². The van der Waals surface area contributed by atoms with E-state index in [2.05, 4.69) is 15.5 Å². The van der Waals surface area contributed by atoms with E-state index in [1.165, 1.54) is 0 Å². The Kier molecular flexibility index (Phi) is 4.31. The van der Waals surface area contributed by atoms with Crippen molar-refractivity contribution in [2.45, 2.75) is 27.7 Å². The average Bonchev–Trinajstić information content (AvgIpc) is 2.28. The summed E-state index contributed by atoms with van der Waals surface area (Å²) < 4.78 is 0. The second-order valence-electron chi connectivity index (χ2n) is 4.29. The molecule has 1 aromatic heterocycles. The Morgan fingerprint density at radius 2 is 1.94 bits per heavy atom. The third-order valence-corrected chi connectivity index (χ3v) is 2.41. The van der Waals surface area contributed by atoms with Crippen LogP contribution in [0.2, 0.25) is 0 Å². The zero-order chi connectivity index (χ0) is 13.0. The number of amides is 1. The van der Waals surface area contributed by atoms with E-state index in [0.29, 0.717) is 17.0 Å². The molecule has 0 atom stereocenters. The Morgan fingerprint density at radius 3 is 2.53 bits per heavy atom. The Balaban J connectivity index is 2.70. The quantitative estimate of drug-likeness (QED) is 0.846. The maximum Gasteiger partial charge on any atom is 0.253 e. The van der Waals surface area contributed by atoms with E-state index in [4.69, 9.17) is 0 Å². The molecule has 92 valence electrons. The van der Waals surface area contributed by atoms with Crippen molar-refractivity contribution in [3.8, 4) is 0 Å². The van der Waals surface area contributed by atoms with E-state index in [-0.39, 0.29) is 24.2 Å². The molecule has 0 unspecified atom stereocenters. The van der Waals surface area contributed by atoms with Gasteiger partial charge in [-0.15, -0.1) is 0 Å². The van der Waals surface area contributed by atoms with Gasteiger partial charge in [0.25, 0.3) is 5.91 Å². The number of hydrogen-bond acceptors (Lipinski definition) is 4. The van der Waals surface area contributed by atoms with Crippen molar-refractivity contribution in [2.75, 3.05) is 6.54 Å². The van der Waals surface area contributed by atoms with Crippen LogP contribution in [0.15, 0.2) is 6.07 Å². The van der Waals surface area contributed by atoms with Crippen LogP contribution >= 0.6 is 0 Å². The number of rotatable bonds is 4. The van der Waals surface area contributed by atoms with Gasteiger partial charge in [-0.2, -0.15) is 10.2 Å². The van der Waals surface area contributed by atoms with E-state index in [0.717, 1.165) is 0 Å². The van der Waals surface area contributed by atoms with Crippen LogP contribution in [0.5, 0.6) is 0 Å². The van der Waals surface area contributed by atoms with Crippen molar-refractivity contribution in [3.05, 3.63) is 23.0 Å². The third kappa shape index (κ3) is 3.62. The van der Waals surface area contributed by atoms with Gasteiger partial charge in [-0.05, 0) is 19.9 Å². The number of ketones is 1. The first-order valence-corrected chi connectivity index (χ1v) is 5.53. The first-order chi connectivity index (χ1) is 7.91. The molecule has 0 radical (unpaired) electrons. The lowest BCUT2D eigenvalue weighted by atomic mass is 10.1.